The highest BCUT2D eigenvalue weighted by molar-refractivity contribution is 6.30. The largest absolute Gasteiger partial charge is 0.368 e. The quantitative estimate of drug-likeness (QED) is 0.768. The van der Waals surface area contributed by atoms with Gasteiger partial charge in [-0.15, -0.1) is 0 Å². The van der Waals surface area contributed by atoms with Gasteiger partial charge in [0.1, 0.15) is 0 Å². The van der Waals surface area contributed by atoms with Gasteiger partial charge in [0.05, 0.1) is 0 Å². The number of hydrogen-bond donors (Lipinski definition) is 0. The highest BCUT2D eigenvalue weighted by Crippen LogP contribution is 2.17. The molecule has 0 saturated carbocycles. The van der Waals surface area contributed by atoms with E-state index in [0.717, 1.165) is 13.1 Å². The Morgan fingerprint density at radius 3 is 2.12 bits per heavy atom. The summed E-state index contributed by atoms with van der Waals surface area (Å²) in [7, 11) is 0. The Kier molecular flexibility index (Phi) is 5.71. The number of amides is 1. The van der Waals surface area contributed by atoms with Gasteiger partial charge in [-0.1, -0.05) is 29.8 Å². The molecule has 1 saturated heterocycles. The van der Waals surface area contributed by atoms with Crippen LogP contribution in [-0.4, -0.2) is 42.8 Å². The van der Waals surface area contributed by atoms with E-state index in [9.17, 15) is 9.59 Å². The third kappa shape index (κ3) is 4.60. The van der Waals surface area contributed by atoms with E-state index in [-0.39, 0.29) is 24.5 Å². The Balaban J connectivity index is 1.46. The molecule has 5 heteroatoms. The van der Waals surface area contributed by atoms with Crippen molar-refractivity contribution in [3.63, 3.8) is 0 Å². The molecule has 0 spiro atoms. The molecule has 0 atom stereocenters. The van der Waals surface area contributed by atoms with Crippen LogP contribution in [0, 0.1) is 0 Å². The molecule has 25 heavy (non-hydrogen) atoms. The fraction of sp³-hybridized carbons (Fsp3) is 0.300. The van der Waals surface area contributed by atoms with Gasteiger partial charge in [0.15, 0.2) is 5.78 Å². The topological polar surface area (TPSA) is 40.6 Å². The average Bonchev–Trinajstić information content (AvgIpc) is 2.67. The number of ketones is 1. The van der Waals surface area contributed by atoms with Crippen LogP contribution in [0.1, 0.15) is 23.2 Å². The van der Waals surface area contributed by atoms with Gasteiger partial charge >= 0.3 is 0 Å². The third-order valence-electron chi connectivity index (χ3n) is 4.49. The summed E-state index contributed by atoms with van der Waals surface area (Å²) in [6.45, 7) is 3.04. The molecule has 0 aliphatic carbocycles. The van der Waals surface area contributed by atoms with Crippen LogP contribution in [-0.2, 0) is 4.79 Å². The Morgan fingerprint density at radius 2 is 1.48 bits per heavy atom. The SMILES string of the molecule is O=C(CCC(=O)N1CCN(c2ccccc2)CC1)c1ccc(Cl)cc1. The van der Waals surface area contributed by atoms with Gasteiger partial charge in [-0.2, -0.15) is 0 Å². The number of para-hydroxylation sites is 1. The van der Waals surface area contributed by atoms with E-state index >= 15 is 0 Å². The maximum atomic E-state index is 12.4. The van der Waals surface area contributed by atoms with Crippen molar-refractivity contribution in [3.8, 4) is 0 Å². The van der Waals surface area contributed by atoms with Crippen molar-refractivity contribution in [2.45, 2.75) is 12.8 Å². The van der Waals surface area contributed by atoms with Crippen LogP contribution in [0.25, 0.3) is 0 Å². The molecule has 0 bridgehead atoms. The molecule has 1 aliphatic heterocycles. The van der Waals surface area contributed by atoms with E-state index < -0.39 is 0 Å². The number of rotatable bonds is 5. The Hall–Kier alpha value is -2.33. The van der Waals surface area contributed by atoms with Crippen LogP contribution < -0.4 is 4.90 Å². The number of Topliss-reactive ketones (excluding diaryl/α,β-unsaturated/α-hetero) is 1. The molecular weight excluding hydrogens is 336 g/mol. The number of anilines is 1. The molecule has 2 aromatic rings. The number of carbonyl (C=O) groups excluding carboxylic acids is 2. The lowest BCUT2D eigenvalue weighted by molar-refractivity contribution is -0.131. The van der Waals surface area contributed by atoms with Crippen LogP contribution >= 0.6 is 11.6 Å². The van der Waals surface area contributed by atoms with Gasteiger partial charge in [0.2, 0.25) is 5.91 Å². The predicted molar refractivity (Wildman–Crippen MR) is 100 cm³/mol. The van der Waals surface area contributed by atoms with Gasteiger partial charge in [0, 0.05) is 55.3 Å². The summed E-state index contributed by atoms with van der Waals surface area (Å²) >= 11 is 5.83. The maximum absolute atomic E-state index is 12.4. The average molecular weight is 357 g/mol. The zero-order valence-electron chi connectivity index (χ0n) is 14.0. The minimum Gasteiger partial charge on any atom is -0.368 e. The minimum atomic E-state index is -0.0204. The molecule has 130 valence electrons. The van der Waals surface area contributed by atoms with E-state index in [1.54, 1.807) is 24.3 Å². The highest BCUT2D eigenvalue weighted by atomic mass is 35.5. The zero-order chi connectivity index (χ0) is 17.6. The molecule has 0 unspecified atom stereocenters. The lowest BCUT2D eigenvalue weighted by atomic mass is 10.1. The summed E-state index contributed by atoms with van der Waals surface area (Å²) in [4.78, 5) is 28.7. The van der Waals surface area contributed by atoms with Crippen molar-refractivity contribution in [2.75, 3.05) is 31.1 Å². The molecule has 0 radical (unpaired) electrons. The Labute approximate surface area is 153 Å². The molecule has 0 N–H and O–H groups in total. The third-order valence-corrected chi connectivity index (χ3v) is 4.74. The smallest absolute Gasteiger partial charge is 0.223 e. The first-order valence-corrected chi connectivity index (χ1v) is 8.88. The predicted octanol–water partition coefficient (Wildman–Crippen LogP) is 3.65. The standard InChI is InChI=1S/C20H21ClN2O2/c21-17-8-6-16(7-9-17)19(24)10-11-20(25)23-14-12-22(13-15-23)18-4-2-1-3-5-18/h1-9H,10-15H2. The first-order valence-electron chi connectivity index (χ1n) is 8.50. The number of piperazine rings is 1. The second-order valence-corrected chi connectivity index (χ2v) is 6.57. The normalized spacial score (nSPS) is 14.4. The number of nitrogens with zero attached hydrogens (tertiary/aromatic N) is 2. The molecule has 1 amide bonds. The van der Waals surface area contributed by atoms with E-state index in [2.05, 4.69) is 17.0 Å². The van der Waals surface area contributed by atoms with Crippen molar-refractivity contribution >= 4 is 29.0 Å². The molecule has 2 aromatic carbocycles. The second-order valence-electron chi connectivity index (χ2n) is 6.13. The van der Waals surface area contributed by atoms with Crippen LogP contribution in [0.4, 0.5) is 5.69 Å². The summed E-state index contributed by atoms with van der Waals surface area (Å²) in [5.41, 5.74) is 1.79. The first-order chi connectivity index (χ1) is 12.1. The van der Waals surface area contributed by atoms with Crippen LogP contribution in [0.5, 0.6) is 0 Å². The lowest BCUT2D eigenvalue weighted by Crippen LogP contribution is -2.48. The maximum Gasteiger partial charge on any atom is 0.223 e. The molecule has 1 aliphatic rings. The summed E-state index contributed by atoms with van der Waals surface area (Å²) in [6, 6.07) is 17.0. The molecule has 0 aromatic heterocycles. The van der Waals surface area contributed by atoms with Gasteiger partial charge < -0.3 is 9.80 Å². The van der Waals surface area contributed by atoms with Gasteiger partial charge in [-0.3, -0.25) is 9.59 Å². The van der Waals surface area contributed by atoms with Crippen molar-refractivity contribution in [3.05, 3.63) is 65.2 Å². The van der Waals surface area contributed by atoms with E-state index in [1.165, 1.54) is 5.69 Å². The fourth-order valence-corrected chi connectivity index (χ4v) is 3.14. The summed E-state index contributed by atoms with van der Waals surface area (Å²) in [6.07, 6.45) is 0.492. The summed E-state index contributed by atoms with van der Waals surface area (Å²) in [5.74, 6) is 0.0305. The first kappa shape index (κ1) is 17.5. The lowest BCUT2D eigenvalue weighted by Gasteiger charge is -2.36. The van der Waals surface area contributed by atoms with Gasteiger partial charge in [-0.25, -0.2) is 0 Å². The number of carbonyl (C=O) groups is 2. The molecule has 1 fully saturated rings. The van der Waals surface area contributed by atoms with Crippen molar-refractivity contribution in [1.82, 2.24) is 4.90 Å². The number of halogens is 1. The number of benzene rings is 2. The van der Waals surface area contributed by atoms with E-state index in [0.29, 0.717) is 23.7 Å². The van der Waals surface area contributed by atoms with Gasteiger partial charge in [-0.05, 0) is 36.4 Å². The Morgan fingerprint density at radius 1 is 0.840 bits per heavy atom. The fourth-order valence-electron chi connectivity index (χ4n) is 3.01. The summed E-state index contributed by atoms with van der Waals surface area (Å²) < 4.78 is 0. The number of hydrogen-bond acceptors (Lipinski definition) is 3. The molecule has 3 rings (SSSR count). The van der Waals surface area contributed by atoms with Crippen LogP contribution in [0.2, 0.25) is 5.02 Å². The van der Waals surface area contributed by atoms with E-state index in [1.807, 2.05) is 23.1 Å². The monoisotopic (exact) mass is 356 g/mol. The second kappa shape index (κ2) is 8.17. The van der Waals surface area contributed by atoms with Crippen LogP contribution in [0.3, 0.4) is 0 Å². The zero-order valence-corrected chi connectivity index (χ0v) is 14.8. The van der Waals surface area contributed by atoms with E-state index in [4.69, 9.17) is 11.6 Å². The minimum absolute atomic E-state index is 0.0204. The molecule has 1 heterocycles. The van der Waals surface area contributed by atoms with Crippen LogP contribution in [0.15, 0.2) is 54.6 Å². The van der Waals surface area contributed by atoms with Crippen molar-refractivity contribution in [1.29, 1.82) is 0 Å². The molecule has 4 nitrogen and oxygen atoms in total. The van der Waals surface area contributed by atoms with Crippen molar-refractivity contribution < 1.29 is 9.59 Å². The highest BCUT2D eigenvalue weighted by Gasteiger charge is 2.21. The van der Waals surface area contributed by atoms with Crippen molar-refractivity contribution in [2.24, 2.45) is 0 Å². The molecular formula is C20H21ClN2O2. The Bertz CT molecular complexity index is 723. The van der Waals surface area contributed by atoms with Gasteiger partial charge in [0.25, 0.3) is 0 Å². The summed E-state index contributed by atoms with van der Waals surface area (Å²) in [5, 5.41) is 0.601.